The second-order valence-electron chi connectivity index (χ2n) is 6.28. The molecule has 2 fully saturated rings. The summed E-state index contributed by atoms with van der Waals surface area (Å²) >= 11 is 0. The van der Waals surface area contributed by atoms with Gasteiger partial charge in [0.2, 0.25) is 0 Å². The first-order chi connectivity index (χ1) is 10.8. The Labute approximate surface area is 130 Å². The van der Waals surface area contributed by atoms with Crippen LogP contribution in [0.3, 0.4) is 0 Å². The summed E-state index contributed by atoms with van der Waals surface area (Å²) in [6.45, 7) is 4.27. The lowest BCUT2D eigenvalue weighted by Crippen LogP contribution is -2.48. The quantitative estimate of drug-likeness (QED) is 0.787. The van der Waals surface area contributed by atoms with Crippen molar-refractivity contribution in [1.29, 1.82) is 0 Å². The summed E-state index contributed by atoms with van der Waals surface area (Å²) in [6.07, 6.45) is 1.92. The molecule has 0 N–H and O–H groups in total. The molecule has 0 saturated carbocycles. The molecular weight excluding hydrogens is 280 g/mol. The van der Waals surface area contributed by atoms with Crippen molar-refractivity contribution in [3.63, 3.8) is 0 Å². The van der Waals surface area contributed by atoms with E-state index in [0.717, 1.165) is 25.3 Å². The maximum atomic E-state index is 13.0. The summed E-state index contributed by atoms with van der Waals surface area (Å²) in [7, 11) is 0. The zero-order chi connectivity index (χ0) is 14.9. The van der Waals surface area contributed by atoms with Crippen molar-refractivity contribution >= 4 is 11.6 Å². The first-order valence-corrected chi connectivity index (χ1v) is 8.15. The normalized spacial score (nSPS) is 28.8. The van der Waals surface area contributed by atoms with Gasteiger partial charge in [-0.3, -0.25) is 9.69 Å². The molecule has 118 valence electrons. The zero-order valence-corrected chi connectivity index (χ0v) is 12.7. The van der Waals surface area contributed by atoms with E-state index in [9.17, 15) is 4.79 Å². The molecule has 22 heavy (non-hydrogen) atoms. The molecule has 1 aromatic rings. The Hall–Kier alpha value is -1.43. The number of nitrogens with zero attached hydrogens (tertiary/aromatic N) is 2. The number of hydrogen-bond donors (Lipinski definition) is 0. The fraction of sp³-hybridized carbons (Fsp3) is 0.588. The minimum absolute atomic E-state index is 0.0425. The smallest absolute Gasteiger partial charge is 0.258 e. The average molecular weight is 302 g/mol. The number of hydrogen-bond acceptors (Lipinski definition) is 4. The van der Waals surface area contributed by atoms with E-state index in [1.807, 2.05) is 11.0 Å². The van der Waals surface area contributed by atoms with E-state index < -0.39 is 6.10 Å². The highest BCUT2D eigenvalue weighted by Gasteiger charge is 2.36. The number of anilines is 1. The van der Waals surface area contributed by atoms with Gasteiger partial charge in [-0.15, -0.1) is 0 Å². The third-order valence-electron chi connectivity index (χ3n) is 4.91. The van der Waals surface area contributed by atoms with Crippen molar-refractivity contribution in [2.45, 2.75) is 31.5 Å². The molecule has 5 heteroatoms. The van der Waals surface area contributed by atoms with Crippen LogP contribution in [0, 0.1) is 0 Å². The monoisotopic (exact) mass is 302 g/mol. The number of benzene rings is 1. The van der Waals surface area contributed by atoms with Gasteiger partial charge in [0.15, 0.2) is 6.10 Å². The van der Waals surface area contributed by atoms with Gasteiger partial charge < -0.3 is 14.4 Å². The molecule has 3 aliphatic rings. The lowest BCUT2D eigenvalue weighted by molar-refractivity contribution is -0.144. The number of carbonyl (C=O) groups excluding carboxylic acids is 1. The predicted octanol–water partition coefficient (Wildman–Crippen LogP) is 1.41. The Balaban J connectivity index is 1.65. The summed E-state index contributed by atoms with van der Waals surface area (Å²) in [5.41, 5.74) is 2.27. The number of ether oxygens (including phenoxy) is 2. The summed E-state index contributed by atoms with van der Waals surface area (Å²) < 4.78 is 11.0. The topological polar surface area (TPSA) is 42.0 Å². The van der Waals surface area contributed by atoms with Gasteiger partial charge in [0.25, 0.3) is 5.91 Å². The maximum absolute atomic E-state index is 13.0. The predicted molar refractivity (Wildman–Crippen MR) is 82.8 cm³/mol. The van der Waals surface area contributed by atoms with Gasteiger partial charge in [0, 0.05) is 24.8 Å². The third-order valence-corrected chi connectivity index (χ3v) is 4.91. The van der Waals surface area contributed by atoms with Crippen LogP contribution in [0.25, 0.3) is 0 Å². The van der Waals surface area contributed by atoms with Gasteiger partial charge in [-0.25, -0.2) is 0 Å². The second kappa shape index (κ2) is 5.99. The lowest BCUT2D eigenvalue weighted by atomic mass is 10.1. The molecule has 5 nitrogen and oxygen atoms in total. The molecule has 1 amide bonds. The SMILES string of the molecule is O=C([C@H]1COCCO1)N1C[C@H]2CCCN2Cc2ccccc21. The number of fused-ring (bicyclic) bond motifs is 2. The highest BCUT2D eigenvalue weighted by Crippen LogP contribution is 2.32. The van der Waals surface area contributed by atoms with E-state index in [2.05, 4.69) is 23.1 Å². The molecule has 4 rings (SSSR count). The van der Waals surface area contributed by atoms with Gasteiger partial charge in [0.05, 0.1) is 19.8 Å². The van der Waals surface area contributed by atoms with Gasteiger partial charge in [-0.05, 0) is 31.0 Å². The van der Waals surface area contributed by atoms with Gasteiger partial charge in [-0.1, -0.05) is 18.2 Å². The van der Waals surface area contributed by atoms with Crippen molar-refractivity contribution in [3.05, 3.63) is 29.8 Å². The Morgan fingerprint density at radius 1 is 1.23 bits per heavy atom. The molecule has 0 unspecified atom stereocenters. The molecule has 0 spiro atoms. The molecule has 2 saturated heterocycles. The number of amides is 1. The van der Waals surface area contributed by atoms with Crippen LogP contribution in [-0.4, -0.2) is 55.9 Å². The second-order valence-corrected chi connectivity index (χ2v) is 6.28. The molecule has 1 aromatic carbocycles. The summed E-state index contributed by atoms with van der Waals surface area (Å²) in [6, 6.07) is 8.71. The number of rotatable bonds is 1. The van der Waals surface area contributed by atoms with Crippen LogP contribution in [-0.2, 0) is 20.8 Å². The van der Waals surface area contributed by atoms with Crippen molar-refractivity contribution in [1.82, 2.24) is 4.90 Å². The largest absolute Gasteiger partial charge is 0.376 e. The molecule has 0 aromatic heterocycles. The molecule has 2 atom stereocenters. The van der Waals surface area contributed by atoms with E-state index in [4.69, 9.17) is 9.47 Å². The van der Waals surface area contributed by atoms with Crippen LogP contribution in [0.1, 0.15) is 18.4 Å². The van der Waals surface area contributed by atoms with Crippen molar-refractivity contribution in [3.8, 4) is 0 Å². The highest BCUT2D eigenvalue weighted by atomic mass is 16.6. The van der Waals surface area contributed by atoms with Crippen LogP contribution < -0.4 is 4.90 Å². The number of para-hydroxylation sites is 1. The Kier molecular flexibility index (Phi) is 3.86. The van der Waals surface area contributed by atoms with E-state index in [1.54, 1.807) is 0 Å². The first-order valence-electron chi connectivity index (χ1n) is 8.15. The van der Waals surface area contributed by atoms with Gasteiger partial charge >= 0.3 is 0 Å². The Bertz CT molecular complexity index is 557. The summed E-state index contributed by atoms with van der Waals surface area (Å²) in [5, 5.41) is 0. The first kappa shape index (κ1) is 14.2. The fourth-order valence-corrected chi connectivity index (χ4v) is 3.76. The van der Waals surface area contributed by atoms with Crippen LogP contribution in [0.2, 0.25) is 0 Å². The van der Waals surface area contributed by atoms with Gasteiger partial charge in [0.1, 0.15) is 0 Å². The Morgan fingerprint density at radius 3 is 3.00 bits per heavy atom. The van der Waals surface area contributed by atoms with Gasteiger partial charge in [-0.2, -0.15) is 0 Å². The molecule has 3 aliphatic heterocycles. The standard InChI is InChI=1S/C17H22N2O3/c20-17(16-12-21-8-9-22-16)19-11-14-5-3-7-18(14)10-13-4-1-2-6-15(13)19/h1-2,4,6,14,16H,3,5,7-12H2/t14-,16-/m1/s1. The minimum Gasteiger partial charge on any atom is -0.376 e. The van der Waals surface area contributed by atoms with Crippen molar-refractivity contribution in [2.24, 2.45) is 0 Å². The summed E-state index contributed by atoms with van der Waals surface area (Å²) in [5.74, 6) is 0.0425. The van der Waals surface area contributed by atoms with E-state index in [0.29, 0.717) is 25.9 Å². The van der Waals surface area contributed by atoms with Crippen LogP contribution >= 0.6 is 0 Å². The minimum atomic E-state index is -0.463. The van der Waals surface area contributed by atoms with Crippen molar-refractivity contribution in [2.75, 3.05) is 37.8 Å². The van der Waals surface area contributed by atoms with E-state index >= 15 is 0 Å². The molecule has 0 radical (unpaired) electrons. The zero-order valence-electron chi connectivity index (χ0n) is 12.7. The Morgan fingerprint density at radius 2 is 2.14 bits per heavy atom. The average Bonchev–Trinajstić information content (AvgIpc) is 2.94. The fourth-order valence-electron chi connectivity index (χ4n) is 3.76. The third kappa shape index (κ3) is 2.53. The van der Waals surface area contributed by atoms with E-state index in [1.165, 1.54) is 18.4 Å². The molecule has 0 aliphatic carbocycles. The number of carbonyl (C=O) groups is 1. The summed E-state index contributed by atoms with van der Waals surface area (Å²) in [4.78, 5) is 17.4. The van der Waals surface area contributed by atoms with Crippen LogP contribution in [0.5, 0.6) is 0 Å². The van der Waals surface area contributed by atoms with Crippen LogP contribution in [0.4, 0.5) is 5.69 Å². The van der Waals surface area contributed by atoms with E-state index in [-0.39, 0.29) is 5.91 Å². The van der Waals surface area contributed by atoms with Crippen molar-refractivity contribution < 1.29 is 14.3 Å². The maximum Gasteiger partial charge on any atom is 0.258 e. The molecule has 3 heterocycles. The lowest BCUT2D eigenvalue weighted by Gasteiger charge is -2.31. The molecule has 0 bridgehead atoms. The van der Waals surface area contributed by atoms with Crippen LogP contribution in [0.15, 0.2) is 24.3 Å². The molecular formula is C17H22N2O3. The highest BCUT2D eigenvalue weighted by molar-refractivity contribution is 5.97.